The van der Waals surface area contributed by atoms with Crippen molar-refractivity contribution in [2.45, 2.75) is 0 Å². The summed E-state index contributed by atoms with van der Waals surface area (Å²) in [5.74, 6) is 0. The molecule has 1 aromatic heterocycles. The standard InChI is InChI=1S/C3H3N3.CHNO/c1-2-4-6-5-3-1;2-1-3/h1-3H;2H. The van der Waals surface area contributed by atoms with Gasteiger partial charge in [0.25, 0.3) is 0 Å². The average molecular weight is 124 g/mol. The lowest BCUT2D eigenvalue weighted by Crippen LogP contribution is -1.78. The maximum absolute atomic E-state index is 8.35. The van der Waals surface area contributed by atoms with Crippen LogP contribution < -0.4 is 0 Å². The number of carbonyl (C=O) groups excluding carboxylic acids is 1. The van der Waals surface area contributed by atoms with E-state index in [2.05, 4.69) is 15.4 Å². The van der Waals surface area contributed by atoms with Crippen molar-refractivity contribution in [3.63, 3.8) is 0 Å². The SMILES string of the molecule is N=C=O.c1cnnnc1. The van der Waals surface area contributed by atoms with E-state index in [-0.39, 0.29) is 0 Å². The molecule has 0 amide bonds. The molecule has 0 saturated carbocycles. The first-order chi connectivity index (χ1) is 4.41. The van der Waals surface area contributed by atoms with E-state index in [1.807, 2.05) is 0 Å². The molecule has 1 heterocycles. The monoisotopic (exact) mass is 124 g/mol. The van der Waals surface area contributed by atoms with Crippen LogP contribution in [0.4, 0.5) is 0 Å². The van der Waals surface area contributed by atoms with Crippen molar-refractivity contribution in [2.75, 3.05) is 0 Å². The summed E-state index contributed by atoms with van der Waals surface area (Å²) in [6.45, 7) is 0. The molecule has 0 unspecified atom stereocenters. The lowest BCUT2D eigenvalue weighted by Gasteiger charge is -1.68. The van der Waals surface area contributed by atoms with Crippen LogP contribution in [0.25, 0.3) is 0 Å². The molecule has 0 radical (unpaired) electrons. The third kappa shape index (κ3) is 6.39. The molecule has 0 aliphatic carbocycles. The van der Waals surface area contributed by atoms with Crippen molar-refractivity contribution in [3.8, 4) is 0 Å². The van der Waals surface area contributed by atoms with Crippen LogP contribution in [0.2, 0.25) is 0 Å². The Morgan fingerprint density at radius 2 is 1.78 bits per heavy atom. The van der Waals surface area contributed by atoms with Gasteiger partial charge < -0.3 is 0 Å². The molecule has 0 aliphatic rings. The maximum atomic E-state index is 8.35. The van der Waals surface area contributed by atoms with E-state index in [0.29, 0.717) is 0 Å². The Morgan fingerprint density at radius 3 is 1.89 bits per heavy atom. The highest BCUT2D eigenvalue weighted by Crippen LogP contribution is 1.61. The van der Waals surface area contributed by atoms with Crippen LogP contribution >= 0.6 is 0 Å². The molecule has 5 heteroatoms. The zero-order valence-electron chi connectivity index (χ0n) is 4.48. The first kappa shape index (κ1) is 7.39. The molecule has 9 heavy (non-hydrogen) atoms. The van der Waals surface area contributed by atoms with E-state index in [9.17, 15) is 0 Å². The van der Waals surface area contributed by atoms with Crippen LogP contribution in [0, 0.1) is 5.41 Å². The fourth-order valence-corrected chi connectivity index (χ4v) is 0.205. The van der Waals surface area contributed by atoms with Gasteiger partial charge in [-0.1, -0.05) is 0 Å². The van der Waals surface area contributed by atoms with Crippen LogP contribution in [-0.2, 0) is 4.79 Å². The Morgan fingerprint density at radius 1 is 1.33 bits per heavy atom. The van der Waals surface area contributed by atoms with Crippen molar-refractivity contribution in [2.24, 2.45) is 0 Å². The van der Waals surface area contributed by atoms with Gasteiger partial charge in [0.2, 0.25) is 6.08 Å². The number of rotatable bonds is 0. The van der Waals surface area contributed by atoms with Crippen molar-refractivity contribution in [3.05, 3.63) is 18.5 Å². The molecule has 1 aromatic rings. The summed E-state index contributed by atoms with van der Waals surface area (Å²) >= 11 is 0. The Balaban J connectivity index is 0.000000187. The van der Waals surface area contributed by atoms with E-state index in [0.717, 1.165) is 6.08 Å². The second kappa shape index (κ2) is 6.39. The quantitative estimate of drug-likeness (QED) is 0.382. The first-order valence-electron chi connectivity index (χ1n) is 2.04. The third-order valence-electron chi connectivity index (χ3n) is 0.409. The fraction of sp³-hybridized carbons (Fsp3) is 0. The highest BCUT2D eigenvalue weighted by molar-refractivity contribution is 5.26. The predicted molar refractivity (Wildman–Crippen MR) is 28.2 cm³/mol. The number of isocyanates is 1. The molecule has 1 rings (SSSR count). The van der Waals surface area contributed by atoms with E-state index in [1.165, 1.54) is 0 Å². The van der Waals surface area contributed by atoms with Gasteiger partial charge in [-0.25, -0.2) is 10.2 Å². The molecule has 0 aromatic carbocycles. The third-order valence-corrected chi connectivity index (χ3v) is 0.409. The van der Waals surface area contributed by atoms with Gasteiger partial charge in [0.15, 0.2) is 0 Å². The van der Waals surface area contributed by atoms with E-state index >= 15 is 0 Å². The first-order valence-corrected chi connectivity index (χ1v) is 2.04. The summed E-state index contributed by atoms with van der Waals surface area (Å²) in [6.07, 6.45) is 3.90. The zero-order chi connectivity index (χ0) is 6.95. The van der Waals surface area contributed by atoms with E-state index in [1.54, 1.807) is 18.5 Å². The summed E-state index contributed by atoms with van der Waals surface area (Å²) in [6, 6.07) is 1.72. The minimum Gasteiger partial charge on any atom is -0.222 e. The lowest BCUT2D eigenvalue weighted by molar-refractivity contribution is 0.563. The molecular weight excluding hydrogens is 120 g/mol. The smallest absolute Gasteiger partial charge is 0.222 e. The van der Waals surface area contributed by atoms with E-state index in [4.69, 9.17) is 10.2 Å². The zero-order valence-corrected chi connectivity index (χ0v) is 4.48. The van der Waals surface area contributed by atoms with Crippen molar-refractivity contribution >= 4 is 6.08 Å². The number of nitrogens with zero attached hydrogens (tertiary/aromatic N) is 3. The Kier molecular flexibility index (Phi) is 5.25. The van der Waals surface area contributed by atoms with E-state index < -0.39 is 0 Å². The van der Waals surface area contributed by atoms with Crippen molar-refractivity contribution in [1.29, 1.82) is 5.41 Å². The van der Waals surface area contributed by atoms with Gasteiger partial charge in [0.1, 0.15) is 0 Å². The van der Waals surface area contributed by atoms with Crippen LogP contribution in [-0.4, -0.2) is 21.5 Å². The molecule has 1 N–H and O–H groups in total. The second-order valence-corrected chi connectivity index (χ2v) is 0.913. The molecule has 0 bridgehead atoms. The van der Waals surface area contributed by atoms with Crippen molar-refractivity contribution in [1.82, 2.24) is 15.4 Å². The van der Waals surface area contributed by atoms with Gasteiger partial charge in [-0.15, -0.1) is 10.2 Å². The highest BCUT2D eigenvalue weighted by Gasteiger charge is 1.60. The fourth-order valence-electron chi connectivity index (χ4n) is 0.205. The summed E-state index contributed by atoms with van der Waals surface area (Å²) in [5, 5.41) is 15.5. The molecule has 5 nitrogen and oxygen atoms in total. The molecule has 0 fully saturated rings. The van der Waals surface area contributed by atoms with Crippen LogP contribution in [0.15, 0.2) is 18.5 Å². The minimum absolute atomic E-state index is 0.750. The average Bonchev–Trinajstić information content (AvgIpc) is 1.93. The molecule has 0 spiro atoms. The topological polar surface area (TPSA) is 79.6 Å². The van der Waals surface area contributed by atoms with Gasteiger partial charge in [0, 0.05) is 0 Å². The highest BCUT2D eigenvalue weighted by atomic mass is 16.1. The molecule has 46 valence electrons. The normalized spacial score (nSPS) is 6.22. The maximum Gasteiger partial charge on any atom is 0.231 e. The number of aromatic nitrogens is 3. The number of nitrogens with one attached hydrogen (secondary N) is 1. The van der Waals surface area contributed by atoms with Crippen LogP contribution in [0.3, 0.4) is 0 Å². The van der Waals surface area contributed by atoms with Gasteiger partial charge >= 0.3 is 0 Å². The van der Waals surface area contributed by atoms with Gasteiger partial charge in [-0.2, -0.15) is 0 Å². The van der Waals surface area contributed by atoms with Gasteiger partial charge in [-0.05, 0) is 11.3 Å². The molecular formula is C4H4N4O. The Bertz CT molecular complexity index is 142. The predicted octanol–water partition coefficient (Wildman–Crippen LogP) is -0.227. The minimum atomic E-state index is 0.750. The van der Waals surface area contributed by atoms with Crippen LogP contribution in [0.1, 0.15) is 0 Å². The lowest BCUT2D eigenvalue weighted by atomic mass is 10.7. The van der Waals surface area contributed by atoms with Crippen molar-refractivity contribution < 1.29 is 4.79 Å². The number of hydrogen-bond acceptors (Lipinski definition) is 5. The summed E-state index contributed by atoms with van der Waals surface area (Å²) in [4.78, 5) is 8.35. The largest absolute Gasteiger partial charge is 0.231 e. The van der Waals surface area contributed by atoms with Gasteiger partial charge in [-0.3, -0.25) is 0 Å². The van der Waals surface area contributed by atoms with Crippen LogP contribution in [0.5, 0.6) is 0 Å². The molecule has 0 aliphatic heterocycles. The summed E-state index contributed by atoms with van der Waals surface area (Å²) < 4.78 is 0. The van der Waals surface area contributed by atoms with Gasteiger partial charge in [0.05, 0.1) is 12.4 Å². The Labute approximate surface area is 51.2 Å². The summed E-state index contributed by atoms with van der Waals surface area (Å²) in [7, 11) is 0. The number of hydrogen-bond donors (Lipinski definition) is 1. The summed E-state index contributed by atoms with van der Waals surface area (Å²) in [5.41, 5.74) is 0. The second-order valence-electron chi connectivity index (χ2n) is 0.913. The molecule has 0 saturated heterocycles. The molecule has 0 atom stereocenters. The Hall–Kier alpha value is -1.61.